The van der Waals surface area contributed by atoms with Crippen LogP contribution in [0.1, 0.15) is 50.3 Å². The van der Waals surface area contributed by atoms with Gasteiger partial charge in [0, 0.05) is 12.5 Å². The Morgan fingerprint density at radius 2 is 2.18 bits per heavy atom. The van der Waals surface area contributed by atoms with Crippen molar-refractivity contribution in [3.63, 3.8) is 0 Å². The van der Waals surface area contributed by atoms with Crippen molar-refractivity contribution in [1.29, 1.82) is 0 Å². The van der Waals surface area contributed by atoms with Crippen molar-refractivity contribution in [1.82, 2.24) is 5.32 Å². The van der Waals surface area contributed by atoms with Crippen LogP contribution in [-0.4, -0.2) is 12.2 Å². The Morgan fingerprint density at radius 1 is 1.35 bits per heavy atom. The second-order valence-electron chi connectivity index (χ2n) is 5.64. The largest absolute Gasteiger partial charge is 0.310 e. The maximum atomic E-state index is 13.6. The summed E-state index contributed by atoms with van der Waals surface area (Å²) in [5, 5.41) is 3.53. The Labute approximate surface area is 103 Å². The zero-order chi connectivity index (χ0) is 12.3. The SMILES string of the molecule is CC(C)(F)Cc1cccc(C2CCCCN2)c1. The normalized spacial score (nSPS) is 21.5. The highest BCUT2D eigenvalue weighted by molar-refractivity contribution is 5.27. The monoisotopic (exact) mass is 235 g/mol. The van der Waals surface area contributed by atoms with Gasteiger partial charge in [-0.15, -0.1) is 0 Å². The van der Waals surface area contributed by atoms with Crippen molar-refractivity contribution in [3.05, 3.63) is 35.4 Å². The second-order valence-corrected chi connectivity index (χ2v) is 5.64. The lowest BCUT2D eigenvalue weighted by atomic mass is 9.93. The predicted molar refractivity (Wildman–Crippen MR) is 69.9 cm³/mol. The van der Waals surface area contributed by atoms with Gasteiger partial charge in [0.1, 0.15) is 5.67 Å². The smallest absolute Gasteiger partial charge is 0.109 e. The molecule has 94 valence electrons. The first-order valence-corrected chi connectivity index (χ1v) is 6.56. The van der Waals surface area contributed by atoms with E-state index in [2.05, 4.69) is 17.4 Å². The minimum atomic E-state index is -1.13. The van der Waals surface area contributed by atoms with Crippen LogP contribution in [0.4, 0.5) is 4.39 Å². The summed E-state index contributed by atoms with van der Waals surface area (Å²) >= 11 is 0. The van der Waals surface area contributed by atoms with Crippen LogP contribution >= 0.6 is 0 Å². The highest BCUT2D eigenvalue weighted by atomic mass is 19.1. The average molecular weight is 235 g/mol. The number of halogens is 1. The molecule has 1 aromatic carbocycles. The molecule has 0 spiro atoms. The van der Waals surface area contributed by atoms with E-state index in [0.717, 1.165) is 12.1 Å². The average Bonchev–Trinajstić information content (AvgIpc) is 2.28. The topological polar surface area (TPSA) is 12.0 Å². The Hall–Kier alpha value is -0.890. The fourth-order valence-electron chi connectivity index (χ4n) is 2.54. The molecule has 1 aliphatic heterocycles. The molecule has 0 saturated carbocycles. The summed E-state index contributed by atoms with van der Waals surface area (Å²) in [7, 11) is 0. The Morgan fingerprint density at radius 3 is 2.82 bits per heavy atom. The summed E-state index contributed by atoms with van der Waals surface area (Å²) in [4.78, 5) is 0. The summed E-state index contributed by atoms with van der Waals surface area (Å²) in [6.07, 6.45) is 4.25. The van der Waals surface area contributed by atoms with E-state index >= 15 is 0 Å². The molecule has 0 amide bonds. The van der Waals surface area contributed by atoms with Crippen molar-refractivity contribution in [3.8, 4) is 0 Å². The summed E-state index contributed by atoms with van der Waals surface area (Å²) in [6.45, 7) is 4.38. The van der Waals surface area contributed by atoms with Crippen LogP contribution in [0, 0.1) is 0 Å². The van der Waals surface area contributed by atoms with E-state index in [1.165, 1.54) is 24.8 Å². The molecule has 1 saturated heterocycles. The predicted octanol–water partition coefficient (Wildman–Crippen LogP) is 3.79. The Balaban J connectivity index is 2.10. The van der Waals surface area contributed by atoms with E-state index in [4.69, 9.17) is 0 Å². The molecule has 2 heteroatoms. The first-order valence-electron chi connectivity index (χ1n) is 6.56. The van der Waals surface area contributed by atoms with E-state index in [9.17, 15) is 4.39 Å². The number of alkyl halides is 1. The molecule has 1 heterocycles. The van der Waals surface area contributed by atoms with Gasteiger partial charge in [-0.2, -0.15) is 0 Å². The molecule has 1 aliphatic rings. The molecule has 1 N–H and O–H groups in total. The molecule has 1 unspecified atom stereocenters. The third-order valence-corrected chi connectivity index (χ3v) is 3.29. The molecule has 0 aromatic heterocycles. The van der Waals surface area contributed by atoms with E-state index in [1.807, 2.05) is 12.1 Å². The number of hydrogen-bond donors (Lipinski definition) is 1. The molecule has 17 heavy (non-hydrogen) atoms. The van der Waals surface area contributed by atoms with Crippen LogP contribution in [0.15, 0.2) is 24.3 Å². The summed E-state index contributed by atoms with van der Waals surface area (Å²) in [5.74, 6) is 0. The second kappa shape index (κ2) is 5.18. The molecule has 0 aliphatic carbocycles. The lowest BCUT2D eigenvalue weighted by Gasteiger charge is -2.24. The van der Waals surface area contributed by atoms with Gasteiger partial charge in [-0.1, -0.05) is 30.7 Å². The van der Waals surface area contributed by atoms with Crippen molar-refractivity contribution < 1.29 is 4.39 Å². The van der Waals surface area contributed by atoms with Gasteiger partial charge in [0.15, 0.2) is 0 Å². The molecular formula is C15H22FN. The van der Waals surface area contributed by atoms with Crippen molar-refractivity contribution in [2.45, 2.75) is 51.2 Å². The summed E-state index contributed by atoms with van der Waals surface area (Å²) < 4.78 is 13.6. The van der Waals surface area contributed by atoms with Crippen molar-refractivity contribution in [2.24, 2.45) is 0 Å². The number of hydrogen-bond acceptors (Lipinski definition) is 1. The summed E-state index contributed by atoms with van der Waals surface area (Å²) in [6, 6.07) is 8.84. The van der Waals surface area contributed by atoms with Crippen molar-refractivity contribution in [2.75, 3.05) is 6.54 Å². The van der Waals surface area contributed by atoms with E-state index < -0.39 is 5.67 Å². The highest BCUT2D eigenvalue weighted by Gasteiger charge is 2.18. The third-order valence-electron chi connectivity index (χ3n) is 3.29. The maximum absolute atomic E-state index is 13.6. The third kappa shape index (κ3) is 3.81. The fraction of sp³-hybridized carbons (Fsp3) is 0.600. The standard InChI is InChI=1S/C15H22FN/c1-15(2,16)11-12-6-5-7-13(10-12)14-8-3-4-9-17-14/h5-7,10,14,17H,3-4,8-9,11H2,1-2H3. The maximum Gasteiger partial charge on any atom is 0.109 e. The van der Waals surface area contributed by atoms with E-state index in [0.29, 0.717) is 12.5 Å². The number of rotatable bonds is 3. The Kier molecular flexibility index (Phi) is 3.82. The molecule has 0 bridgehead atoms. The van der Waals surface area contributed by atoms with Gasteiger partial charge in [0.05, 0.1) is 0 Å². The summed E-state index contributed by atoms with van der Waals surface area (Å²) in [5.41, 5.74) is 1.28. The number of benzene rings is 1. The molecule has 1 atom stereocenters. The van der Waals surface area contributed by atoms with Gasteiger partial charge < -0.3 is 5.32 Å². The zero-order valence-corrected chi connectivity index (χ0v) is 10.8. The van der Waals surface area contributed by atoms with E-state index in [-0.39, 0.29) is 0 Å². The van der Waals surface area contributed by atoms with Crippen LogP contribution in [0.5, 0.6) is 0 Å². The first-order chi connectivity index (χ1) is 8.04. The van der Waals surface area contributed by atoms with Crippen LogP contribution in [0.25, 0.3) is 0 Å². The molecule has 2 rings (SSSR count). The first kappa shape index (κ1) is 12.6. The van der Waals surface area contributed by atoms with Crippen molar-refractivity contribution >= 4 is 0 Å². The van der Waals surface area contributed by atoms with Gasteiger partial charge in [-0.25, -0.2) is 4.39 Å². The van der Waals surface area contributed by atoms with Gasteiger partial charge in [-0.3, -0.25) is 0 Å². The molecule has 1 fully saturated rings. The van der Waals surface area contributed by atoms with Gasteiger partial charge in [0.25, 0.3) is 0 Å². The number of nitrogens with one attached hydrogen (secondary N) is 1. The fourth-order valence-corrected chi connectivity index (χ4v) is 2.54. The number of piperidine rings is 1. The van der Waals surface area contributed by atoms with Crippen LogP contribution in [0.2, 0.25) is 0 Å². The van der Waals surface area contributed by atoms with Crippen LogP contribution in [-0.2, 0) is 6.42 Å². The van der Waals surface area contributed by atoms with E-state index in [1.54, 1.807) is 13.8 Å². The highest BCUT2D eigenvalue weighted by Crippen LogP contribution is 2.25. The molecule has 1 nitrogen and oxygen atoms in total. The lowest BCUT2D eigenvalue weighted by molar-refractivity contribution is 0.217. The minimum Gasteiger partial charge on any atom is -0.310 e. The Bertz CT molecular complexity index is 361. The van der Waals surface area contributed by atoms with Gasteiger partial charge in [-0.05, 0) is 44.4 Å². The van der Waals surface area contributed by atoms with Crippen LogP contribution < -0.4 is 5.32 Å². The minimum absolute atomic E-state index is 0.464. The molecular weight excluding hydrogens is 213 g/mol. The quantitative estimate of drug-likeness (QED) is 0.840. The van der Waals surface area contributed by atoms with Gasteiger partial charge >= 0.3 is 0 Å². The molecule has 1 aromatic rings. The van der Waals surface area contributed by atoms with Crippen LogP contribution in [0.3, 0.4) is 0 Å². The van der Waals surface area contributed by atoms with Gasteiger partial charge in [0.2, 0.25) is 0 Å². The lowest BCUT2D eigenvalue weighted by Crippen LogP contribution is -2.27. The zero-order valence-electron chi connectivity index (χ0n) is 10.8. The molecule has 0 radical (unpaired) electrons.